The van der Waals surface area contributed by atoms with Crippen LogP contribution in [0.5, 0.6) is 0 Å². The minimum Gasteiger partial charge on any atom is -0.195 e. The highest BCUT2D eigenvalue weighted by Crippen LogP contribution is 2.27. The molecule has 1 atom stereocenters. The van der Waals surface area contributed by atoms with Crippen molar-refractivity contribution in [2.45, 2.75) is 19.4 Å². The van der Waals surface area contributed by atoms with Gasteiger partial charge in [-0.15, -0.1) is 11.3 Å². The topological polar surface area (TPSA) is 49.4 Å². The van der Waals surface area contributed by atoms with Gasteiger partial charge in [0.1, 0.15) is 0 Å². The van der Waals surface area contributed by atoms with Gasteiger partial charge in [0.05, 0.1) is 6.04 Å². The Bertz CT molecular complexity index is 662. The maximum absolute atomic E-state index is 12.2. The summed E-state index contributed by atoms with van der Waals surface area (Å²) < 4.78 is 28.2. The van der Waals surface area contributed by atoms with Crippen LogP contribution in [-0.2, 0) is 16.6 Å². The average Bonchev–Trinajstić information content (AvgIpc) is 2.99. The Hall–Kier alpha value is -1.21. The van der Waals surface area contributed by atoms with Crippen LogP contribution in [0.3, 0.4) is 0 Å². The van der Waals surface area contributed by atoms with Gasteiger partial charge in [-0.25, -0.2) is 0 Å². The van der Waals surface area contributed by atoms with E-state index in [4.69, 9.17) is 0 Å². The molecule has 6 heteroatoms. The van der Waals surface area contributed by atoms with E-state index in [0.717, 1.165) is 16.9 Å². The molecule has 0 saturated heterocycles. The highest BCUT2D eigenvalue weighted by atomic mass is 32.2. The Morgan fingerprint density at radius 1 is 1.19 bits per heavy atom. The Morgan fingerprint density at radius 2 is 1.86 bits per heavy atom. The average molecular weight is 324 g/mol. The summed E-state index contributed by atoms with van der Waals surface area (Å²) in [6, 6.07) is 11.6. The molecule has 0 amide bonds. The van der Waals surface area contributed by atoms with Crippen LogP contribution >= 0.6 is 11.3 Å². The van der Waals surface area contributed by atoms with Crippen molar-refractivity contribution in [3.8, 4) is 0 Å². The fourth-order valence-electron chi connectivity index (χ4n) is 1.95. The van der Waals surface area contributed by atoms with E-state index < -0.39 is 10.2 Å². The van der Waals surface area contributed by atoms with Gasteiger partial charge in [0.25, 0.3) is 10.2 Å². The molecule has 1 aromatic heterocycles. The van der Waals surface area contributed by atoms with Crippen LogP contribution in [0.4, 0.5) is 0 Å². The van der Waals surface area contributed by atoms with Crippen LogP contribution in [0.2, 0.25) is 0 Å². The minimum absolute atomic E-state index is 0.358. The molecule has 114 valence electrons. The first kappa shape index (κ1) is 16.2. The molecule has 2 aromatic rings. The molecule has 0 saturated carbocycles. The van der Waals surface area contributed by atoms with Gasteiger partial charge in [0.2, 0.25) is 0 Å². The molecule has 0 fully saturated rings. The Kier molecular flexibility index (Phi) is 5.16. The van der Waals surface area contributed by atoms with Crippen molar-refractivity contribution in [1.82, 2.24) is 9.03 Å². The largest absolute Gasteiger partial charge is 0.279 e. The minimum atomic E-state index is -3.50. The van der Waals surface area contributed by atoms with E-state index in [1.807, 2.05) is 41.8 Å². The van der Waals surface area contributed by atoms with Gasteiger partial charge in [-0.05, 0) is 29.0 Å². The predicted molar refractivity (Wildman–Crippen MR) is 87.7 cm³/mol. The van der Waals surface area contributed by atoms with Crippen molar-refractivity contribution < 1.29 is 8.42 Å². The second kappa shape index (κ2) is 6.70. The van der Waals surface area contributed by atoms with Gasteiger partial charge < -0.3 is 0 Å². The van der Waals surface area contributed by atoms with Crippen molar-refractivity contribution in [3.63, 3.8) is 0 Å². The van der Waals surface area contributed by atoms with Crippen LogP contribution in [0.1, 0.15) is 29.0 Å². The van der Waals surface area contributed by atoms with E-state index in [1.165, 1.54) is 24.0 Å². The zero-order valence-electron chi connectivity index (χ0n) is 12.4. The molecule has 0 bridgehead atoms. The predicted octanol–water partition coefficient (Wildman–Crippen LogP) is 2.80. The second-order valence-corrected chi connectivity index (χ2v) is 7.84. The summed E-state index contributed by atoms with van der Waals surface area (Å²) in [5.41, 5.74) is 2.18. The van der Waals surface area contributed by atoms with Crippen LogP contribution in [0, 0.1) is 0 Å². The lowest BCUT2D eigenvalue weighted by Gasteiger charge is -2.21. The summed E-state index contributed by atoms with van der Waals surface area (Å²) in [7, 11) is -0.454. The third-order valence-corrected chi connectivity index (χ3v) is 5.73. The number of hydrogen-bond acceptors (Lipinski definition) is 3. The number of nitrogens with zero attached hydrogens (tertiary/aromatic N) is 1. The third-order valence-electron chi connectivity index (χ3n) is 3.30. The first-order valence-electron chi connectivity index (χ1n) is 6.76. The van der Waals surface area contributed by atoms with Gasteiger partial charge in [-0.3, -0.25) is 0 Å². The fourth-order valence-corrected chi connectivity index (χ4v) is 3.59. The third kappa shape index (κ3) is 3.91. The van der Waals surface area contributed by atoms with E-state index in [2.05, 4.69) is 11.6 Å². The highest BCUT2D eigenvalue weighted by Gasteiger charge is 2.23. The lowest BCUT2D eigenvalue weighted by molar-refractivity contribution is 0.499. The summed E-state index contributed by atoms with van der Waals surface area (Å²) in [6.07, 6.45) is 0.966. The molecule has 0 unspecified atom stereocenters. The molecule has 0 aliphatic heterocycles. The van der Waals surface area contributed by atoms with Crippen molar-refractivity contribution in [1.29, 1.82) is 0 Å². The van der Waals surface area contributed by atoms with Gasteiger partial charge in [-0.2, -0.15) is 17.4 Å². The second-order valence-electron chi connectivity index (χ2n) is 4.95. The molecular formula is C15H20N2O2S2. The highest BCUT2D eigenvalue weighted by molar-refractivity contribution is 7.87. The molecule has 2 rings (SSSR count). The summed E-state index contributed by atoms with van der Waals surface area (Å²) in [5, 5.41) is 1.95. The Labute approximate surface area is 130 Å². The zero-order chi connectivity index (χ0) is 15.5. The molecule has 4 nitrogen and oxygen atoms in total. The Balaban J connectivity index is 2.37. The lowest BCUT2D eigenvalue weighted by Crippen LogP contribution is -2.38. The fraction of sp³-hybridized carbons (Fsp3) is 0.333. The maximum Gasteiger partial charge on any atom is 0.279 e. The molecule has 0 aliphatic carbocycles. The van der Waals surface area contributed by atoms with Crippen molar-refractivity contribution >= 4 is 21.5 Å². The van der Waals surface area contributed by atoms with Crippen molar-refractivity contribution in [2.24, 2.45) is 0 Å². The summed E-state index contributed by atoms with van der Waals surface area (Å²) in [4.78, 5) is 0.977. The molecule has 1 N–H and O–H groups in total. The normalized spacial score (nSPS) is 13.5. The number of benzene rings is 1. The molecule has 0 aliphatic rings. The van der Waals surface area contributed by atoms with E-state index >= 15 is 0 Å². The lowest BCUT2D eigenvalue weighted by atomic mass is 10.0. The van der Waals surface area contributed by atoms with Crippen LogP contribution < -0.4 is 4.72 Å². The van der Waals surface area contributed by atoms with E-state index in [9.17, 15) is 8.42 Å². The van der Waals surface area contributed by atoms with Crippen LogP contribution in [0.25, 0.3) is 0 Å². The van der Waals surface area contributed by atoms with Crippen molar-refractivity contribution in [3.05, 3.63) is 57.8 Å². The van der Waals surface area contributed by atoms with E-state index in [1.54, 1.807) is 11.3 Å². The van der Waals surface area contributed by atoms with Crippen LogP contribution in [-0.4, -0.2) is 26.8 Å². The first-order valence-corrected chi connectivity index (χ1v) is 9.08. The molecule has 1 heterocycles. The molecule has 0 radical (unpaired) electrons. The smallest absolute Gasteiger partial charge is 0.195 e. The maximum atomic E-state index is 12.2. The standard InChI is InChI=1S/C15H20N2O2S2/c1-4-12-7-9-13(10-8-12)15(14-6-5-11-20-14)16-21(18,19)17(2)3/h5-11,15-16H,4H2,1-3H3/t15-/m0/s1. The summed E-state index contributed by atoms with van der Waals surface area (Å²) in [5.74, 6) is 0. The number of thiophene rings is 1. The van der Waals surface area contributed by atoms with Crippen LogP contribution in [0.15, 0.2) is 41.8 Å². The molecule has 0 spiro atoms. The summed E-state index contributed by atoms with van der Waals surface area (Å²) >= 11 is 1.54. The Morgan fingerprint density at radius 3 is 2.33 bits per heavy atom. The van der Waals surface area contributed by atoms with Gasteiger partial charge >= 0.3 is 0 Å². The van der Waals surface area contributed by atoms with Gasteiger partial charge in [0.15, 0.2) is 0 Å². The SMILES string of the molecule is CCc1ccc([C@H](NS(=O)(=O)N(C)C)c2cccs2)cc1. The van der Waals surface area contributed by atoms with Gasteiger partial charge in [-0.1, -0.05) is 37.3 Å². The van der Waals surface area contributed by atoms with E-state index in [-0.39, 0.29) is 6.04 Å². The monoisotopic (exact) mass is 324 g/mol. The first-order chi connectivity index (χ1) is 9.94. The summed E-state index contributed by atoms with van der Waals surface area (Å²) in [6.45, 7) is 2.10. The quantitative estimate of drug-likeness (QED) is 0.888. The van der Waals surface area contributed by atoms with Gasteiger partial charge in [0, 0.05) is 19.0 Å². The molecular weight excluding hydrogens is 304 g/mol. The van der Waals surface area contributed by atoms with E-state index in [0.29, 0.717) is 0 Å². The zero-order valence-corrected chi connectivity index (χ0v) is 14.0. The number of nitrogens with one attached hydrogen (secondary N) is 1. The molecule has 21 heavy (non-hydrogen) atoms. The number of aryl methyl sites for hydroxylation is 1. The molecule has 1 aromatic carbocycles. The number of rotatable bonds is 6. The number of hydrogen-bond donors (Lipinski definition) is 1. The van der Waals surface area contributed by atoms with Crippen molar-refractivity contribution in [2.75, 3.05) is 14.1 Å².